The smallest absolute Gasteiger partial charge is 0.320 e. The van der Waals surface area contributed by atoms with Gasteiger partial charge in [-0.15, -0.1) is 0 Å². The summed E-state index contributed by atoms with van der Waals surface area (Å²) in [5.74, 6) is -0.832. The largest absolute Gasteiger partial charge is 0.480 e. The summed E-state index contributed by atoms with van der Waals surface area (Å²) in [6.07, 6.45) is 1.55. The van der Waals surface area contributed by atoms with Gasteiger partial charge in [-0.25, -0.2) is 0 Å². The van der Waals surface area contributed by atoms with E-state index in [0.717, 1.165) is 11.1 Å². The van der Waals surface area contributed by atoms with Gasteiger partial charge in [0, 0.05) is 6.21 Å². The van der Waals surface area contributed by atoms with Gasteiger partial charge in [-0.3, -0.25) is 4.79 Å². The minimum atomic E-state index is -0.999. The van der Waals surface area contributed by atoms with Gasteiger partial charge in [0.15, 0.2) is 0 Å². The van der Waals surface area contributed by atoms with Gasteiger partial charge in [-0.2, -0.15) is 0 Å². The van der Waals surface area contributed by atoms with Crippen molar-refractivity contribution in [3.63, 3.8) is 0 Å². The highest BCUT2D eigenvalue weighted by Crippen LogP contribution is 2.04. The Morgan fingerprint density at radius 3 is 2.11 bits per heavy atom. The van der Waals surface area contributed by atoms with E-state index in [2.05, 4.69) is 0 Å². The molecule has 1 atom stereocenters. The van der Waals surface area contributed by atoms with Crippen molar-refractivity contribution in [3.8, 4) is 0 Å². The number of carbonyl (C=O) groups is 2. The van der Waals surface area contributed by atoms with Crippen molar-refractivity contribution in [1.82, 2.24) is 0 Å². The van der Waals surface area contributed by atoms with E-state index in [1.807, 2.05) is 0 Å². The Hall–Kier alpha value is -2.01. The fraction of sp³-hybridized carbons (Fsp3) is 0.308. The lowest BCUT2D eigenvalue weighted by molar-refractivity contribution is -0.138. The summed E-state index contributed by atoms with van der Waals surface area (Å²) < 4.78 is 0. The number of carboxylic acid groups (broad SMARTS) is 1. The molecule has 4 N–H and O–H groups in total. The number of carbonyl (C=O) groups excluding carboxylic acids is 1. The average Bonchev–Trinajstić information content (AvgIpc) is 2.29. The monoisotopic (exact) mass is 250 g/mol. The fourth-order valence-electron chi connectivity index (χ4n) is 1.09. The Bertz CT molecular complexity index is 409. The van der Waals surface area contributed by atoms with Crippen LogP contribution < -0.4 is 5.73 Å². The zero-order chi connectivity index (χ0) is 14.1. The van der Waals surface area contributed by atoms with Crippen LogP contribution in [0.4, 0.5) is 0 Å². The molecular weight excluding hydrogens is 232 g/mol. The molecule has 0 bridgehead atoms. The highest BCUT2D eigenvalue weighted by atomic mass is 16.4. The third kappa shape index (κ3) is 7.29. The number of carboxylic acids is 1. The molecule has 0 heterocycles. The first-order valence-corrected chi connectivity index (χ1v) is 5.41. The molecule has 0 amide bonds. The maximum Gasteiger partial charge on any atom is 0.320 e. The van der Waals surface area contributed by atoms with Crippen LogP contribution >= 0.6 is 0 Å². The number of aliphatic carboxylic acids is 1. The first-order chi connectivity index (χ1) is 8.36. The topological polar surface area (TPSA) is 104 Å². The van der Waals surface area contributed by atoms with Gasteiger partial charge < -0.3 is 21.0 Å². The number of Topliss-reactive ketones (excluding diaryl/α,β-unsaturated/α-hetero) is 1. The summed E-state index contributed by atoms with van der Waals surface area (Å²) in [4.78, 5) is 19.9. The van der Waals surface area contributed by atoms with Gasteiger partial charge in [-0.1, -0.05) is 24.3 Å². The molecule has 5 nitrogen and oxygen atoms in total. The molecular formula is C13H18N2O3. The van der Waals surface area contributed by atoms with E-state index in [1.54, 1.807) is 24.3 Å². The zero-order valence-corrected chi connectivity index (χ0v) is 10.5. The summed E-state index contributed by atoms with van der Waals surface area (Å²) in [6.45, 7) is 3.06. The lowest BCUT2D eigenvalue weighted by Gasteiger charge is -2.05. The van der Waals surface area contributed by atoms with Crippen LogP contribution in [0.5, 0.6) is 0 Å². The van der Waals surface area contributed by atoms with Crippen molar-refractivity contribution in [3.05, 3.63) is 35.4 Å². The van der Waals surface area contributed by atoms with Gasteiger partial charge in [-0.05, 0) is 31.4 Å². The third-order valence-corrected chi connectivity index (χ3v) is 1.92. The second-order valence-corrected chi connectivity index (χ2v) is 3.94. The molecule has 0 saturated heterocycles. The number of nitrogens with two attached hydrogens (primary N) is 1. The van der Waals surface area contributed by atoms with Gasteiger partial charge in [0.25, 0.3) is 0 Å². The SMILES string of the molecule is CC(C)=O.N=Cc1ccc(CC(N)C(=O)O)cc1. The van der Waals surface area contributed by atoms with Crippen LogP contribution in [0.15, 0.2) is 24.3 Å². The standard InChI is InChI=1S/C10H12N2O2.C3H6O/c11-6-8-3-1-7(2-4-8)5-9(12)10(13)14;1-3(2)4/h1-4,6,9,11H,5,12H2,(H,13,14);1-2H3. The molecule has 0 fully saturated rings. The number of nitrogens with one attached hydrogen (secondary N) is 1. The molecule has 0 radical (unpaired) electrons. The first kappa shape index (κ1) is 16.0. The van der Waals surface area contributed by atoms with Crippen LogP contribution in [-0.2, 0) is 16.0 Å². The van der Waals surface area contributed by atoms with Crippen LogP contribution in [0.25, 0.3) is 0 Å². The molecule has 0 saturated carbocycles. The van der Waals surface area contributed by atoms with E-state index >= 15 is 0 Å². The van der Waals surface area contributed by atoms with Gasteiger partial charge in [0.05, 0.1) is 0 Å². The molecule has 0 aliphatic carbocycles. The number of hydrogen-bond donors (Lipinski definition) is 3. The van der Waals surface area contributed by atoms with Crippen LogP contribution in [0.3, 0.4) is 0 Å². The lowest BCUT2D eigenvalue weighted by atomic mass is 10.1. The van der Waals surface area contributed by atoms with Crippen LogP contribution in [-0.4, -0.2) is 29.1 Å². The van der Waals surface area contributed by atoms with Crippen molar-refractivity contribution in [2.75, 3.05) is 0 Å². The van der Waals surface area contributed by atoms with E-state index in [4.69, 9.17) is 16.2 Å². The van der Waals surface area contributed by atoms with Crippen LogP contribution in [0.1, 0.15) is 25.0 Å². The third-order valence-electron chi connectivity index (χ3n) is 1.92. The first-order valence-electron chi connectivity index (χ1n) is 5.41. The molecule has 0 aliphatic rings. The highest BCUT2D eigenvalue weighted by molar-refractivity contribution is 5.77. The molecule has 1 rings (SSSR count). The normalized spacial score (nSPS) is 10.8. The summed E-state index contributed by atoms with van der Waals surface area (Å²) in [7, 11) is 0. The number of hydrogen-bond acceptors (Lipinski definition) is 4. The quantitative estimate of drug-likeness (QED) is 0.699. The molecule has 0 aliphatic heterocycles. The van der Waals surface area contributed by atoms with E-state index in [1.165, 1.54) is 20.1 Å². The van der Waals surface area contributed by atoms with Crippen molar-refractivity contribution in [1.29, 1.82) is 5.41 Å². The van der Waals surface area contributed by atoms with Crippen molar-refractivity contribution in [2.45, 2.75) is 26.3 Å². The maximum absolute atomic E-state index is 10.5. The Balaban J connectivity index is 0.000000631. The lowest BCUT2D eigenvalue weighted by Crippen LogP contribution is -2.32. The molecule has 98 valence electrons. The van der Waals surface area contributed by atoms with Crippen molar-refractivity contribution < 1.29 is 14.7 Å². The van der Waals surface area contributed by atoms with Gasteiger partial charge >= 0.3 is 5.97 Å². The predicted octanol–water partition coefficient (Wildman–Crippen LogP) is 1.23. The van der Waals surface area contributed by atoms with Crippen molar-refractivity contribution in [2.24, 2.45) is 5.73 Å². The minimum absolute atomic E-state index is 0.167. The number of benzene rings is 1. The molecule has 18 heavy (non-hydrogen) atoms. The molecule has 0 aromatic heterocycles. The average molecular weight is 250 g/mol. The number of ketones is 1. The van der Waals surface area contributed by atoms with Crippen molar-refractivity contribution >= 4 is 18.0 Å². The second kappa shape index (κ2) is 8.14. The summed E-state index contributed by atoms with van der Waals surface area (Å²) >= 11 is 0. The molecule has 5 heteroatoms. The van der Waals surface area contributed by atoms with Gasteiger partial charge in [0.1, 0.15) is 11.8 Å². The molecule has 1 aromatic rings. The molecule has 1 unspecified atom stereocenters. The molecule has 1 aromatic carbocycles. The minimum Gasteiger partial charge on any atom is -0.480 e. The fourth-order valence-corrected chi connectivity index (χ4v) is 1.09. The Labute approximate surface area is 106 Å². The van der Waals surface area contributed by atoms with E-state index in [-0.39, 0.29) is 5.78 Å². The summed E-state index contributed by atoms with van der Waals surface area (Å²) in [5, 5.41) is 15.6. The second-order valence-electron chi connectivity index (χ2n) is 3.94. The van der Waals surface area contributed by atoms with Crippen LogP contribution in [0, 0.1) is 5.41 Å². The molecule has 0 spiro atoms. The Kier molecular flexibility index (Phi) is 7.23. The number of rotatable bonds is 4. The predicted molar refractivity (Wildman–Crippen MR) is 70.0 cm³/mol. The van der Waals surface area contributed by atoms with Crippen LogP contribution in [0.2, 0.25) is 0 Å². The summed E-state index contributed by atoms with van der Waals surface area (Å²) in [5.41, 5.74) is 7.03. The van der Waals surface area contributed by atoms with Gasteiger partial charge in [0.2, 0.25) is 0 Å². The highest BCUT2D eigenvalue weighted by Gasteiger charge is 2.11. The summed E-state index contributed by atoms with van der Waals surface area (Å²) in [6, 6.07) is 6.22. The van der Waals surface area contributed by atoms with E-state index < -0.39 is 12.0 Å². The Morgan fingerprint density at radius 1 is 1.33 bits per heavy atom. The van der Waals surface area contributed by atoms with E-state index in [9.17, 15) is 9.59 Å². The Morgan fingerprint density at radius 2 is 1.78 bits per heavy atom. The maximum atomic E-state index is 10.5. The van der Waals surface area contributed by atoms with E-state index in [0.29, 0.717) is 6.42 Å². The zero-order valence-electron chi connectivity index (χ0n) is 10.5.